The lowest BCUT2D eigenvalue weighted by molar-refractivity contribution is 0.414. The summed E-state index contributed by atoms with van der Waals surface area (Å²) in [5.41, 5.74) is 7.26. The lowest BCUT2D eigenvalue weighted by Crippen LogP contribution is -2.25. The number of rotatable bonds is 16. The number of allylic oxidation sites excluding steroid dienone is 2. The number of hydrogen-bond acceptors (Lipinski definition) is 3. The van der Waals surface area contributed by atoms with Crippen molar-refractivity contribution in [2.24, 2.45) is 0 Å². The quantitative estimate of drug-likeness (QED) is 0.154. The first-order chi connectivity index (χ1) is 19.1. The molecule has 0 N–H and O–H groups in total. The van der Waals surface area contributed by atoms with Gasteiger partial charge in [0.25, 0.3) is 0 Å². The fourth-order valence-corrected chi connectivity index (χ4v) is 5.68. The predicted octanol–water partition coefficient (Wildman–Crippen LogP) is 9.11. The van der Waals surface area contributed by atoms with Crippen LogP contribution < -0.4 is 0 Å². The summed E-state index contributed by atoms with van der Waals surface area (Å²) in [7, 11) is 2.17. The van der Waals surface area contributed by atoms with Gasteiger partial charge in [-0.25, -0.2) is 9.07 Å². The van der Waals surface area contributed by atoms with Crippen LogP contribution in [0.5, 0.6) is 0 Å². The Hall–Kier alpha value is -2.82. The van der Waals surface area contributed by atoms with Crippen molar-refractivity contribution in [3.05, 3.63) is 77.0 Å². The Balaban J connectivity index is 1.68. The van der Waals surface area contributed by atoms with Gasteiger partial charge in [0.15, 0.2) is 0 Å². The second-order valence-electron chi connectivity index (χ2n) is 12.0. The molecule has 0 saturated carbocycles. The van der Waals surface area contributed by atoms with E-state index in [9.17, 15) is 4.39 Å². The van der Waals surface area contributed by atoms with Crippen molar-refractivity contribution in [2.75, 3.05) is 26.7 Å². The van der Waals surface area contributed by atoms with Crippen LogP contribution in [0.25, 0.3) is 11.4 Å². The number of halogens is 1. The van der Waals surface area contributed by atoms with E-state index in [-0.39, 0.29) is 5.82 Å². The highest BCUT2D eigenvalue weighted by Crippen LogP contribution is 2.26. The topological polar surface area (TPSA) is 24.3 Å². The van der Waals surface area contributed by atoms with Gasteiger partial charge in [-0.3, -0.25) is 0 Å². The number of hydrogen-bond donors (Lipinski definition) is 0. The largest absolute Gasteiger partial charge is 0.372 e. The first-order valence-electron chi connectivity index (χ1n) is 15.5. The van der Waals surface area contributed by atoms with Gasteiger partial charge in [-0.05, 0) is 94.2 Å². The second-order valence-corrected chi connectivity index (χ2v) is 12.0. The molecular formula is C35H53FN4. The normalized spacial score (nSPS) is 14.6. The molecule has 0 spiro atoms. The standard InChI is InChI=1S/C35H53FN4/c1-9-10-12-17-27(4)34-23-30(7)40(37-34)35(24-29(6)39-20-15-16-21-39)38(8)19-14-11-13-18-31-25-33(36)28(5)22-32(31)26(2)3/h22-25,27H,2,6,9-21H2,1,3-5,7-8H3/b35-24-. The molecule has 40 heavy (non-hydrogen) atoms. The molecule has 0 radical (unpaired) electrons. The van der Waals surface area contributed by atoms with Crippen molar-refractivity contribution in [2.45, 2.75) is 105 Å². The average Bonchev–Trinajstić information content (AvgIpc) is 3.59. The molecule has 0 aliphatic carbocycles. The van der Waals surface area contributed by atoms with Crippen molar-refractivity contribution in [3.8, 4) is 0 Å². The molecule has 1 aliphatic rings. The smallest absolute Gasteiger partial charge is 0.132 e. The van der Waals surface area contributed by atoms with Crippen LogP contribution in [-0.2, 0) is 6.42 Å². The third-order valence-electron chi connectivity index (χ3n) is 8.35. The van der Waals surface area contributed by atoms with Crippen LogP contribution in [0.4, 0.5) is 4.39 Å². The van der Waals surface area contributed by atoms with Gasteiger partial charge in [0.05, 0.1) is 5.69 Å². The molecule has 1 aliphatic heterocycles. The third-order valence-corrected chi connectivity index (χ3v) is 8.35. The van der Waals surface area contributed by atoms with Gasteiger partial charge in [-0.2, -0.15) is 5.10 Å². The van der Waals surface area contributed by atoms with Crippen molar-refractivity contribution in [1.29, 1.82) is 0 Å². The molecule has 1 aromatic carbocycles. The molecule has 5 heteroatoms. The van der Waals surface area contributed by atoms with E-state index < -0.39 is 0 Å². The van der Waals surface area contributed by atoms with Gasteiger partial charge in [0.2, 0.25) is 0 Å². The molecule has 4 nitrogen and oxygen atoms in total. The van der Waals surface area contributed by atoms with E-state index in [2.05, 4.69) is 67.6 Å². The van der Waals surface area contributed by atoms with Gasteiger partial charge < -0.3 is 9.80 Å². The third kappa shape index (κ3) is 8.59. The Morgan fingerprint density at radius 2 is 1.80 bits per heavy atom. The first-order valence-corrected chi connectivity index (χ1v) is 15.5. The molecule has 220 valence electrons. The SMILES string of the molecule is C=C(C)c1cc(C)c(F)cc1CCCCCN(C)/C(=C/C(=C)N1CCCC1)n1nc(C(C)CCCCC)cc1C. The van der Waals surface area contributed by atoms with Crippen LogP contribution in [0.2, 0.25) is 0 Å². The minimum absolute atomic E-state index is 0.124. The summed E-state index contributed by atoms with van der Waals surface area (Å²) in [5, 5.41) is 5.12. The predicted molar refractivity (Wildman–Crippen MR) is 170 cm³/mol. The van der Waals surface area contributed by atoms with E-state index in [1.165, 1.54) is 49.9 Å². The van der Waals surface area contributed by atoms with E-state index >= 15 is 0 Å². The lowest BCUT2D eigenvalue weighted by atomic mass is 9.95. The monoisotopic (exact) mass is 548 g/mol. The molecule has 3 rings (SSSR count). The van der Waals surface area contributed by atoms with Crippen LogP contribution in [0.3, 0.4) is 0 Å². The summed E-state index contributed by atoms with van der Waals surface area (Å²) in [4.78, 5) is 4.72. The summed E-state index contributed by atoms with van der Waals surface area (Å²) < 4.78 is 16.4. The van der Waals surface area contributed by atoms with Crippen LogP contribution in [0.15, 0.2) is 43.1 Å². The zero-order valence-electron chi connectivity index (χ0n) is 26.2. The molecule has 1 fully saturated rings. The van der Waals surface area contributed by atoms with E-state index in [1.807, 2.05) is 19.9 Å². The van der Waals surface area contributed by atoms with Gasteiger partial charge >= 0.3 is 0 Å². The Labute approximate surface area is 243 Å². The van der Waals surface area contributed by atoms with Gasteiger partial charge in [-0.15, -0.1) is 0 Å². The first kappa shape index (κ1) is 31.7. The molecule has 1 saturated heterocycles. The Morgan fingerprint density at radius 1 is 1.07 bits per heavy atom. The van der Waals surface area contributed by atoms with Crippen LogP contribution in [-0.4, -0.2) is 46.3 Å². The summed E-state index contributed by atoms with van der Waals surface area (Å²) in [6.07, 6.45) is 13.7. The Morgan fingerprint density at radius 3 is 2.48 bits per heavy atom. The Bertz CT molecular complexity index is 1170. The maximum absolute atomic E-state index is 14.3. The minimum atomic E-state index is -0.124. The highest BCUT2D eigenvalue weighted by molar-refractivity contribution is 5.65. The van der Waals surface area contributed by atoms with Crippen LogP contribution in [0.1, 0.15) is 113 Å². The number of unbranched alkanes of at least 4 members (excludes halogenated alkanes) is 4. The minimum Gasteiger partial charge on any atom is -0.372 e. The number of nitrogens with zero attached hydrogens (tertiary/aromatic N) is 4. The van der Waals surface area contributed by atoms with E-state index in [0.29, 0.717) is 11.5 Å². The molecule has 1 atom stereocenters. The number of benzene rings is 1. The molecule has 0 bridgehead atoms. The van der Waals surface area contributed by atoms with Gasteiger partial charge in [-0.1, -0.05) is 58.3 Å². The van der Waals surface area contributed by atoms with E-state index in [4.69, 9.17) is 5.10 Å². The van der Waals surface area contributed by atoms with Crippen molar-refractivity contribution in [1.82, 2.24) is 19.6 Å². The van der Waals surface area contributed by atoms with Crippen LogP contribution >= 0.6 is 0 Å². The fraction of sp³-hybridized carbons (Fsp3) is 0.571. The average molecular weight is 549 g/mol. The molecule has 2 heterocycles. The molecular weight excluding hydrogens is 495 g/mol. The maximum Gasteiger partial charge on any atom is 0.132 e. The summed E-state index contributed by atoms with van der Waals surface area (Å²) in [6.45, 7) is 22.2. The van der Waals surface area contributed by atoms with Crippen LogP contribution in [0, 0.1) is 19.7 Å². The summed E-state index contributed by atoms with van der Waals surface area (Å²) in [5.74, 6) is 1.42. The highest BCUT2D eigenvalue weighted by Gasteiger charge is 2.19. The van der Waals surface area contributed by atoms with Crippen molar-refractivity contribution in [3.63, 3.8) is 0 Å². The second kappa shape index (κ2) is 15.3. The number of likely N-dealkylation sites (tertiary alicyclic amines) is 1. The van der Waals surface area contributed by atoms with Gasteiger partial charge in [0, 0.05) is 50.1 Å². The number of aromatic nitrogens is 2. The van der Waals surface area contributed by atoms with Crippen molar-refractivity contribution < 1.29 is 4.39 Å². The fourth-order valence-electron chi connectivity index (χ4n) is 5.68. The summed E-state index contributed by atoms with van der Waals surface area (Å²) in [6, 6.07) is 5.91. The Kier molecular flexibility index (Phi) is 12.1. The molecule has 2 aromatic rings. The zero-order chi connectivity index (χ0) is 29.2. The zero-order valence-corrected chi connectivity index (χ0v) is 26.2. The number of aryl methyl sites for hydroxylation is 3. The van der Waals surface area contributed by atoms with E-state index in [0.717, 1.165) is 73.5 Å². The molecule has 1 unspecified atom stereocenters. The van der Waals surface area contributed by atoms with Crippen molar-refractivity contribution >= 4 is 11.4 Å². The highest BCUT2D eigenvalue weighted by atomic mass is 19.1. The summed E-state index contributed by atoms with van der Waals surface area (Å²) >= 11 is 0. The lowest BCUT2D eigenvalue weighted by Gasteiger charge is -2.26. The van der Waals surface area contributed by atoms with E-state index in [1.54, 1.807) is 6.07 Å². The maximum atomic E-state index is 14.3. The molecule has 0 amide bonds. The van der Waals surface area contributed by atoms with Gasteiger partial charge in [0.1, 0.15) is 11.6 Å². The molecule has 1 aromatic heterocycles.